The second-order valence-corrected chi connectivity index (χ2v) is 3.52. The monoisotopic (exact) mass is 214 g/mol. The molecule has 15 heavy (non-hydrogen) atoms. The van der Waals surface area contributed by atoms with Gasteiger partial charge in [-0.15, -0.1) is 0 Å². The SMILES string of the molecule is CC1C(O)=C(CN)C(CO)=CN1CCO. The molecule has 1 atom stereocenters. The molecule has 0 saturated heterocycles. The number of aliphatic hydroxyl groups excluding tert-OH is 3. The Kier molecular flexibility index (Phi) is 4.14. The highest BCUT2D eigenvalue weighted by Crippen LogP contribution is 2.24. The van der Waals surface area contributed by atoms with Gasteiger partial charge in [0.2, 0.25) is 0 Å². The standard InChI is InChI=1S/C10H18N2O3/c1-7-10(15)9(4-11)8(6-14)5-12(7)2-3-13/h5,7,13-15H,2-4,6,11H2,1H3. The number of rotatable bonds is 4. The molecule has 1 aliphatic heterocycles. The van der Waals surface area contributed by atoms with Crippen molar-refractivity contribution in [2.24, 2.45) is 5.73 Å². The lowest BCUT2D eigenvalue weighted by Gasteiger charge is -2.33. The molecule has 1 heterocycles. The van der Waals surface area contributed by atoms with Gasteiger partial charge in [0, 0.05) is 30.4 Å². The summed E-state index contributed by atoms with van der Waals surface area (Å²) in [5, 5.41) is 27.8. The summed E-state index contributed by atoms with van der Waals surface area (Å²) in [6.45, 7) is 2.30. The molecule has 0 radical (unpaired) electrons. The zero-order valence-electron chi connectivity index (χ0n) is 8.85. The van der Waals surface area contributed by atoms with Crippen LogP contribution in [0.15, 0.2) is 23.1 Å². The minimum atomic E-state index is -0.203. The van der Waals surface area contributed by atoms with Crippen LogP contribution < -0.4 is 5.73 Å². The topological polar surface area (TPSA) is 90.0 Å². The van der Waals surface area contributed by atoms with Crippen LogP contribution in [0.25, 0.3) is 0 Å². The van der Waals surface area contributed by atoms with Gasteiger partial charge in [-0.2, -0.15) is 0 Å². The number of hydrogen-bond acceptors (Lipinski definition) is 5. The molecule has 0 aromatic heterocycles. The lowest BCUT2D eigenvalue weighted by atomic mass is 9.98. The Morgan fingerprint density at radius 2 is 2.13 bits per heavy atom. The molecule has 5 heteroatoms. The average molecular weight is 214 g/mol. The van der Waals surface area contributed by atoms with Gasteiger partial charge in [0.05, 0.1) is 19.3 Å². The zero-order valence-corrected chi connectivity index (χ0v) is 8.85. The van der Waals surface area contributed by atoms with Crippen molar-refractivity contribution in [3.05, 3.63) is 23.1 Å². The summed E-state index contributed by atoms with van der Waals surface area (Å²) in [4.78, 5) is 1.78. The molecule has 0 aliphatic carbocycles. The fourth-order valence-electron chi connectivity index (χ4n) is 1.71. The molecule has 0 amide bonds. The third-order valence-corrected chi connectivity index (χ3v) is 2.64. The predicted octanol–water partition coefficient (Wildman–Crippen LogP) is -0.670. The van der Waals surface area contributed by atoms with Crippen molar-refractivity contribution in [3.8, 4) is 0 Å². The molecule has 1 aliphatic rings. The van der Waals surface area contributed by atoms with Gasteiger partial charge in [0.25, 0.3) is 0 Å². The Labute approximate surface area is 89.1 Å². The zero-order chi connectivity index (χ0) is 11.4. The first-order chi connectivity index (χ1) is 7.15. The highest BCUT2D eigenvalue weighted by Gasteiger charge is 2.24. The van der Waals surface area contributed by atoms with Crippen LogP contribution in [0.1, 0.15) is 6.92 Å². The largest absolute Gasteiger partial charge is 0.510 e. The van der Waals surface area contributed by atoms with Gasteiger partial charge in [0.15, 0.2) is 0 Å². The van der Waals surface area contributed by atoms with Gasteiger partial charge in [-0.25, -0.2) is 0 Å². The van der Waals surface area contributed by atoms with E-state index in [0.717, 1.165) is 0 Å². The van der Waals surface area contributed by atoms with Crippen molar-refractivity contribution >= 4 is 0 Å². The van der Waals surface area contributed by atoms with E-state index in [2.05, 4.69) is 0 Å². The average Bonchev–Trinajstić information content (AvgIpc) is 2.24. The van der Waals surface area contributed by atoms with Crippen LogP contribution in [0.2, 0.25) is 0 Å². The minimum Gasteiger partial charge on any atom is -0.510 e. The number of aliphatic hydroxyl groups is 3. The molecular formula is C10H18N2O3. The Balaban J connectivity index is 2.97. The van der Waals surface area contributed by atoms with E-state index in [1.807, 2.05) is 6.92 Å². The lowest BCUT2D eigenvalue weighted by molar-refractivity contribution is 0.183. The van der Waals surface area contributed by atoms with Crippen molar-refractivity contribution in [1.82, 2.24) is 4.90 Å². The van der Waals surface area contributed by atoms with E-state index >= 15 is 0 Å². The molecule has 0 fully saturated rings. The van der Waals surface area contributed by atoms with E-state index in [1.54, 1.807) is 11.1 Å². The lowest BCUT2D eigenvalue weighted by Crippen LogP contribution is -2.37. The highest BCUT2D eigenvalue weighted by atomic mass is 16.3. The summed E-state index contributed by atoms with van der Waals surface area (Å²) in [5.41, 5.74) is 6.71. The molecular weight excluding hydrogens is 196 g/mol. The maximum absolute atomic E-state index is 9.86. The molecule has 5 N–H and O–H groups in total. The van der Waals surface area contributed by atoms with Gasteiger partial charge >= 0.3 is 0 Å². The van der Waals surface area contributed by atoms with Crippen molar-refractivity contribution in [2.45, 2.75) is 13.0 Å². The summed E-state index contributed by atoms with van der Waals surface area (Å²) in [7, 11) is 0. The number of nitrogens with zero attached hydrogens (tertiary/aromatic N) is 1. The van der Waals surface area contributed by atoms with Gasteiger partial charge in [-0.05, 0) is 6.92 Å². The second kappa shape index (κ2) is 5.16. The summed E-state index contributed by atoms with van der Waals surface area (Å²) in [6.07, 6.45) is 1.74. The molecule has 0 spiro atoms. The van der Waals surface area contributed by atoms with Crippen LogP contribution in [-0.4, -0.2) is 52.6 Å². The highest BCUT2D eigenvalue weighted by molar-refractivity contribution is 5.39. The normalized spacial score (nSPS) is 22.0. The van der Waals surface area contributed by atoms with Crippen molar-refractivity contribution in [2.75, 3.05) is 26.3 Å². The second-order valence-electron chi connectivity index (χ2n) is 3.52. The van der Waals surface area contributed by atoms with Crippen LogP contribution in [0.4, 0.5) is 0 Å². The van der Waals surface area contributed by atoms with Crippen LogP contribution >= 0.6 is 0 Å². The van der Waals surface area contributed by atoms with Crippen LogP contribution in [0.3, 0.4) is 0 Å². The Morgan fingerprint density at radius 1 is 1.47 bits per heavy atom. The van der Waals surface area contributed by atoms with E-state index in [9.17, 15) is 5.11 Å². The fraction of sp³-hybridized carbons (Fsp3) is 0.600. The molecule has 5 nitrogen and oxygen atoms in total. The van der Waals surface area contributed by atoms with E-state index in [4.69, 9.17) is 15.9 Å². The number of nitrogens with two attached hydrogens (primary N) is 1. The molecule has 0 aromatic carbocycles. The first-order valence-electron chi connectivity index (χ1n) is 4.96. The number of hydrogen-bond donors (Lipinski definition) is 4. The van der Waals surface area contributed by atoms with Crippen LogP contribution in [-0.2, 0) is 0 Å². The molecule has 86 valence electrons. The Morgan fingerprint density at radius 3 is 2.60 bits per heavy atom. The molecule has 0 aromatic rings. The van der Waals surface area contributed by atoms with E-state index in [1.165, 1.54) is 0 Å². The first kappa shape index (κ1) is 12.0. The Bertz CT molecular complexity index is 286. The van der Waals surface area contributed by atoms with Crippen molar-refractivity contribution < 1.29 is 15.3 Å². The molecule has 1 unspecified atom stereocenters. The Hall–Kier alpha value is -1.04. The maximum Gasteiger partial charge on any atom is 0.119 e. The summed E-state index contributed by atoms with van der Waals surface area (Å²) >= 11 is 0. The predicted molar refractivity (Wildman–Crippen MR) is 57.1 cm³/mol. The van der Waals surface area contributed by atoms with Gasteiger partial charge < -0.3 is 26.0 Å². The van der Waals surface area contributed by atoms with E-state index in [-0.39, 0.29) is 31.6 Å². The third-order valence-electron chi connectivity index (χ3n) is 2.64. The van der Waals surface area contributed by atoms with E-state index < -0.39 is 0 Å². The van der Waals surface area contributed by atoms with E-state index in [0.29, 0.717) is 17.7 Å². The van der Waals surface area contributed by atoms with Crippen molar-refractivity contribution in [1.29, 1.82) is 0 Å². The van der Waals surface area contributed by atoms with Crippen LogP contribution in [0, 0.1) is 0 Å². The van der Waals surface area contributed by atoms with Gasteiger partial charge in [0.1, 0.15) is 5.76 Å². The first-order valence-corrected chi connectivity index (χ1v) is 4.96. The van der Waals surface area contributed by atoms with Gasteiger partial charge in [-0.1, -0.05) is 0 Å². The summed E-state index contributed by atoms with van der Waals surface area (Å²) < 4.78 is 0. The quantitative estimate of drug-likeness (QED) is 0.498. The summed E-state index contributed by atoms with van der Waals surface area (Å²) in [6, 6.07) is -0.203. The molecule has 0 saturated carbocycles. The molecule has 1 rings (SSSR count). The van der Waals surface area contributed by atoms with Crippen molar-refractivity contribution in [3.63, 3.8) is 0 Å². The van der Waals surface area contributed by atoms with Crippen LogP contribution in [0.5, 0.6) is 0 Å². The maximum atomic E-state index is 9.86. The minimum absolute atomic E-state index is 0.00475. The summed E-state index contributed by atoms with van der Waals surface area (Å²) in [5.74, 6) is 0.178. The van der Waals surface area contributed by atoms with Gasteiger partial charge in [-0.3, -0.25) is 0 Å². The fourth-order valence-corrected chi connectivity index (χ4v) is 1.71. The smallest absolute Gasteiger partial charge is 0.119 e. The number of β-amino-alcohol motifs (C(OH)–C–C–N with tert-alkyl or cyclic N) is 1. The molecule has 0 bridgehead atoms. The third kappa shape index (κ3) is 2.31.